The molecule has 0 aliphatic rings. The van der Waals surface area contributed by atoms with Crippen LogP contribution < -0.4 is 11.1 Å². The van der Waals surface area contributed by atoms with E-state index < -0.39 is 5.97 Å². The summed E-state index contributed by atoms with van der Waals surface area (Å²) in [6.07, 6.45) is 1.63. The van der Waals surface area contributed by atoms with Gasteiger partial charge in [0.2, 0.25) is 0 Å². The number of rotatable bonds is 5. The molecule has 2 aromatic rings. The van der Waals surface area contributed by atoms with Gasteiger partial charge in [0.1, 0.15) is 6.33 Å². The number of hydrogen-bond donors (Lipinski definition) is 2. The molecule has 21 heavy (non-hydrogen) atoms. The quantitative estimate of drug-likeness (QED) is 0.643. The minimum Gasteiger partial charge on any atom is -0.462 e. The van der Waals surface area contributed by atoms with Crippen molar-refractivity contribution in [2.45, 2.75) is 19.9 Å². The number of nitrogen functional groups attached to an aromatic ring is 1. The Morgan fingerprint density at radius 1 is 1.52 bits per heavy atom. The summed E-state index contributed by atoms with van der Waals surface area (Å²) in [5, 5.41) is 11.1. The first-order valence-electron chi connectivity index (χ1n) is 6.70. The monoisotopic (exact) mass is 289 g/mol. The van der Waals surface area contributed by atoms with Gasteiger partial charge in [-0.05, 0) is 26.0 Å². The molecule has 1 unspecified atom stereocenters. The number of nitrogens with zero attached hydrogens (tertiary/aromatic N) is 3. The number of benzene rings is 1. The molecule has 0 bridgehead atoms. The van der Waals surface area contributed by atoms with Crippen molar-refractivity contribution in [3.63, 3.8) is 0 Å². The van der Waals surface area contributed by atoms with E-state index >= 15 is 0 Å². The predicted molar refractivity (Wildman–Crippen MR) is 79.9 cm³/mol. The van der Waals surface area contributed by atoms with E-state index in [0.29, 0.717) is 23.5 Å². The summed E-state index contributed by atoms with van der Waals surface area (Å²) < 4.78 is 6.81. The van der Waals surface area contributed by atoms with Crippen LogP contribution in [0.25, 0.3) is 0 Å². The Morgan fingerprint density at radius 2 is 2.29 bits per heavy atom. The Bertz CT molecular complexity index is 638. The Hall–Kier alpha value is -2.57. The lowest BCUT2D eigenvalue weighted by Crippen LogP contribution is -2.15. The van der Waals surface area contributed by atoms with Crippen molar-refractivity contribution in [1.29, 1.82) is 0 Å². The summed E-state index contributed by atoms with van der Waals surface area (Å²) in [6, 6.07) is 5.11. The average Bonchev–Trinajstić information content (AvgIpc) is 2.87. The molecular weight excluding hydrogens is 270 g/mol. The molecule has 2 rings (SSSR count). The van der Waals surface area contributed by atoms with Crippen LogP contribution in [0.3, 0.4) is 0 Å². The predicted octanol–water partition coefficient (Wildman–Crippen LogP) is 1.75. The van der Waals surface area contributed by atoms with Crippen molar-refractivity contribution in [3.8, 4) is 0 Å². The van der Waals surface area contributed by atoms with Gasteiger partial charge < -0.3 is 20.4 Å². The molecule has 0 amide bonds. The topological polar surface area (TPSA) is 95.1 Å². The Balaban J connectivity index is 2.23. The van der Waals surface area contributed by atoms with Gasteiger partial charge in [0.25, 0.3) is 0 Å². The number of aromatic nitrogens is 3. The van der Waals surface area contributed by atoms with Crippen LogP contribution in [0.15, 0.2) is 24.5 Å². The van der Waals surface area contributed by atoms with Crippen LogP contribution in [0.2, 0.25) is 0 Å². The Kier molecular flexibility index (Phi) is 4.42. The zero-order valence-corrected chi connectivity index (χ0v) is 12.3. The van der Waals surface area contributed by atoms with E-state index in [4.69, 9.17) is 10.5 Å². The highest BCUT2D eigenvalue weighted by Gasteiger charge is 2.16. The van der Waals surface area contributed by atoms with Gasteiger partial charge in [-0.2, -0.15) is 0 Å². The maximum absolute atomic E-state index is 11.8. The highest BCUT2D eigenvalue weighted by atomic mass is 16.5. The molecule has 7 nitrogen and oxygen atoms in total. The molecule has 0 spiro atoms. The normalized spacial score (nSPS) is 12.0. The van der Waals surface area contributed by atoms with Crippen LogP contribution in [0.4, 0.5) is 11.4 Å². The molecule has 0 aliphatic carbocycles. The van der Waals surface area contributed by atoms with Crippen molar-refractivity contribution < 1.29 is 9.53 Å². The number of carbonyl (C=O) groups is 1. The number of carbonyl (C=O) groups excluding carboxylic acids is 1. The van der Waals surface area contributed by atoms with Gasteiger partial charge >= 0.3 is 5.97 Å². The molecule has 0 saturated heterocycles. The molecular formula is C14H19N5O2. The van der Waals surface area contributed by atoms with Gasteiger partial charge in [0.15, 0.2) is 5.82 Å². The lowest BCUT2D eigenvalue weighted by Gasteiger charge is -2.17. The molecule has 0 fully saturated rings. The van der Waals surface area contributed by atoms with Gasteiger partial charge in [-0.3, -0.25) is 0 Å². The van der Waals surface area contributed by atoms with Crippen LogP contribution >= 0.6 is 0 Å². The van der Waals surface area contributed by atoms with Crippen molar-refractivity contribution in [2.24, 2.45) is 7.05 Å². The molecule has 0 aliphatic heterocycles. The smallest absolute Gasteiger partial charge is 0.340 e. The van der Waals surface area contributed by atoms with Crippen LogP contribution in [0, 0.1) is 0 Å². The second kappa shape index (κ2) is 6.25. The summed E-state index contributed by atoms with van der Waals surface area (Å²) in [5.74, 6) is 0.348. The van der Waals surface area contributed by atoms with Crippen molar-refractivity contribution >= 4 is 17.3 Å². The standard InChI is InChI=1S/C14H19N5O2/c1-4-21-14(20)10-6-5-7-11(12(10)15)17-9(2)13-18-16-8-19(13)3/h5-9,17H,4,15H2,1-3H3. The zero-order chi connectivity index (χ0) is 15.4. The summed E-state index contributed by atoms with van der Waals surface area (Å²) in [5.41, 5.74) is 7.43. The van der Waals surface area contributed by atoms with E-state index in [1.807, 2.05) is 24.6 Å². The van der Waals surface area contributed by atoms with Crippen molar-refractivity contribution in [2.75, 3.05) is 17.7 Å². The lowest BCUT2D eigenvalue weighted by molar-refractivity contribution is 0.0527. The maximum Gasteiger partial charge on any atom is 0.340 e. The SMILES string of the molecule is CCOC(=O)c1cccc(NC(C)c2nncn2C)c1N. The molecule has 112 valence electrons. The van der Waals surface area contributed by atoms with Crippen molar-refractivity contribution in [1.82, 2.24) is 14.8 Å². The van der Waals surface area contributed by atoms with E-state index in [9.17, 15) is 4.79 Å². The maximum atomic E-state index is 11.8. The van der Waals surface area contributed by atoms with Gasteiger partial charge in [0.05, 0.1) is 29.6 Å². The number of nitrogens with one attached hydrogen (secondary N) is 1. The molecule has 1 aromatic carbocycles. The number of aryl methyl sites for hydroxylation is 1. The molecule has 1 heterocycles. The first kappa shape index (κ1) is 14.8. The second-order valence-corrected chi connectivity index (χ2v) is 4.65. The van der Waals surface area contributed by atoms with E-state index in [1.54, 1.807) is 25.4 Å². The summed E-state index contributed by atoms with van der Waals surface area (Å²) in [4.78, 5) is 11.8. The largest absolute Gasteiger partial charge is 0.462 e. The molecule has 7 heteroatoms. The molecule has 1 atom stereocenters. The van der Waals surface area contributed by atoms with E-state index in [0.717, 1.165) is 5.82 Å². The first-order chi connectivity index (χ1) is 10.0. The minimum atomic E-state index is -0.426. The number of esters is 1. The van der Waals surface area contributed by atoms with Gasteiger partial charge in [-0.15, -0.1) is 10.2 Å². The summed E-state index contributed by atoms with van der Waals surface area (Å²) >= 11 is 0. The van der Waals surface area contributed by atoms with Crippen LogP contribution in [-0.4, -0.2) is 27.3 Å². The number of ether oxygens (including phenoxy) is 1. The molecule has 1 aromatic heterocycles. The lowest BCUT2D eigenvalue weighted by atomic mass is 10.1. The Labute approximate surface area is 123 Å². The Morgan fingerprint density at radius 3 is 2.90 bits per heavy atom. The van der Waals surface area contributed by atoms with Gasteiger partial charge in [-0.1, -0.05) is 6.07 Å². The van der Waals surface area contributed by atoms with Crippen LogP contribution in [0.1, 0.15) is 36.1 Å². The van der Waals surface area contributed by atoms with Crippen molar-refractivity contribution in [3.05, 3.63) is 35.9 Å². The molecule has 0 saturated carbocycles. The fraction of sp³-hybridized carbons (Fsp3) is 0.357. The fourth-order valence-corrected chi connectivity index (χ4v) is 2.06. The van der Waals surface area contributed by atoms with Gasteiger partial charge in [-0.25, -0.2) is 4.79 Å². The number of anilines is 2. The van der Waals surface area contributed by atoms with E-state index in [1.165, 1.54) is 0 Å². The highest BCUT2D eigenvalue weighted by molar-refractivity contribution is 5.98. The third-order valence-electron chi connectivity index (χ3n) is 3.11. The van der Waals surface area contributed by atoms with E-state index in [-0.39, 0.29) is 6.04 Å². The fourth-order valence-electron chi connectivity index (χ4n) is 2.06. The minimum absolute atomic E-state index is 0.0998. The average molecular weight is 289 g/mol. The number of hydrogen-bond acceptors (Lipinski definition) is 6. The number of para-hydroxylation sites is 1. The third kappa shape index (κ3) is 3.13. The second-order valence-electron chi connectivity index (χ2n) is 4.65. The molecule has 3 N–H and O–H groups in total. The van der Waals surface area contributed by atoms with Gasteiger partial charge in [0, 0.05) is 7.05 Å². The van der Waals surface area contributed by atoms with Crippen LogP contribution in [0.5, 0.6) is 0 Å². The first-order valence-corrected chi connectivity index (χ1v) is 6.70. The summed E-state index contributed by atoms with van der Waals surface area (Å²) in [7, 11) is 1.87. The van der Waals surface area contributed by atoms with Crippen LogP contribution in [-0.2, 0) is 11.8 Å². The zero-order valence-electron chi connectivity index (χ0n) is 12.3. The van der Waals surface area contributed by atoms with E-state index in [2.05, 4.69) is 15.5 Å². The highest BCUT2D eigenvalue weighted by Crippen LogP contribution is 2.26. The third-order valence-corrected chi connectivity index (χ3v) is 3.11. The summed E-state index contributed by atoms with van der Waals surface area (Å²) in [6.45, 7) is 4.01. The molecule has 0 radical (unpaired) electrons. The number of nitrogens with two attached hydrogens (primary N) is 1.